The Bertz CT molecular complexity index is 871. The summed E-state index contributed by atoms with van der Waals surface area (Å²) in [5, 5.41) is 0.682. The molecule has 1 aliphatic heterocycles. The number of halogens is 2. The van der Waals surface area contributed by atoms with Gasteiger partial charge in [0.15, 0.2) is 8.93 Å². The van der Waals surface area contributed by atoms with Crippen LogP contribution in [0.1, 0.15) is 12.7 Å². The zero-order chi connectivity index (χ0) is 18.8. The van der Waals surface area contributed by atoms with Crippen molar-refractivity contribution in [2.45, 2.75) is 6.92 Å². The Labute approximate surface area is 178 Å². The first-order chi connectivity index (χ1) is 12.4. The van der Waals surface area contributed by atoms with Crippen LogP contribution < -0.4 is 4.90 Å². The highest BCUT2D eigenvalue weighted by Crippen LogP contribution is 2.35. The fourth-order valence-electron chi connectivity index (χ4n) is 2.37. The van der Waals surface area contributed by atoms with Crippen LogP contribution in [0.25, 0.3) is 6.08 Å². The van der Waals surface area contributed by atoms with E-state index in [1.54, 1.807) is 11.0 Å². The molecule has 1 aliphatic rings. The molecule has 0 saturated carbocycles. The Morgan fingerprint density at radius 2 is 2.04 bits per heavy atom. The maximum atomic E-state index is 12.7. The molecule has 1 saturated heterocycles. The number of nitrogens with zero attached hydrogens (tertiary/aromatic N) is 3. The van der Waals surface area contributed by atoms with Gasteiger partial charge in [-0.15, -0.1) is 0 Å². The highest BCUT2D eigenvalue weighted by Gasteiger charge is 2.32. The Morgan fingerprint density at radius 1 is 1.35 bits per heavy atom. The second-order valence-electron chi connectivity index (χ2n) is 5.74. The largest absolute Gasteiger partial charge is 0.450 e. The van der Waals surface area contributed by atoms with Gasteiger partial charge in [-0.1, -0.05) is 0 Å². The van der Waals surface area contributed by atoms with E-state index in [2.05, 4.69) is 43.5 Å². The van der Waals surface area contributed by atoms with Crippen molar-refractivity contribution in [2.24, 2.45) is 4.99 Å². The number of hydrogen-bond donors (Lipinski definition) is 0. The molecule has 1 amide bonds. The second-order valence-corrected chi connectivity index (χ2v) is 8.58. The Hall–Kier alpha value is -1.26. The molecule has 0 spiro atoms. The Morgan fingerprint density at radius 3 is 2.58 bits per heavy atom. The number of carbonyl (C=O) groups excluding carboxylic acids is 1. The van der Waals surface area contributed by atoms with E-state index in [1.165, 1.54) is 11.8 Å². The van der Waals surface area contributed by atoms with Crippen molar-refractivity contribution in [3.8, 4) is 0 Å². The Kier molecular flexibility index (Phi) is 6.13. The van der Waals surface area contributed by atoms with E-state index < -0.39 is 0 Å². The number of carbonyl (C=O) groups is 1. The predicted octanol–water partition coefficient (Wildman–Crippen LogP) is 5.34. The van der Waals surface area contributed by atoms with Crippen LogP contribution in [-0.2, 0) is 4.79 Å². The summed E-state index contributed by atoms with van der Waals surface area (Å²) in [6.45, 7) is 2.51. The molecule has 0 unspecified atom stereocenters. The van der Waals surface area contributed by atoms with E-state index in [9.17, 15) is 4.79 Å². The van der Waals surface area contributed by atoms with Crippen LogP contribution in [0.4, 0.5) is 11.4 Å². The summed E-state index contributed by atoms with van der Waals surface area (Å²) in [7, 11) is 3.99. The number of amides is 1. The van der Waals surface area contributed by atoms with Crippen LogP contribution >= 0.6 is 50.3 Å². The monoisotopic (exact) mass is 545 g/mol. The van der Waals surface area contributed by atoms with Crippen LogP contribution in [0.3, 0.4) is 0 Å². The number of hydrogen-bond acceptors (Lipinski definition) is 5. The van der Waals surface area contributed by atoms with E-state index in [1.807, 2.05) is 56.3 Å². The Balaban J connectivity index is 1.89. The molecule has 2 heterocycles. The minimum absolute atomic E-state index is 0.0521. The van der Waals surface area contributed by atoms with Gasteiger partial charge in [0.1, 0.15) is 5.76 Å². The third-order valence-electron chi connectivity index (χ3n) is 3.73. The molecule has 0 aliphatic carbocycles. The van der Waals surface area contributed by atoms with E-state index in [-0.39, 0.29) is 5.91 Å². The summed E-state index contributed by atoms with van der Waals surface area (Å²) >= 11 is 6.89. The highest BCUT2D eigenvalue weighted by molar-refractivity contribution is 14.1. The maximum absolute atomic E-state index is 12.7. The number of aliphatic imine (C=N–C) groups is 1. The second kappa shape index (κ2) is 8.18. The molecular formula is C18H17BrIN3O2S. The summed E-state index contributed by atoms with van der Waals surface area (Å²) in [6.07, 6.45) is 1.76. The van der Waals surface area contributed by atoms with Gasteiger partial charge in [0.05, 0.1) is 15.1 Å². The molecule has 3 rings (SSSR count). The normalized spacial score (nSPS) is 17.6. The molecular weight excluding hydrogens is 529 g/mol. The average Bonchev–Trinajstić information content (AvgIpc) is 3.07. The summed E-state index contributed by atoms with van der Waals surface area (Å²) in [5.41, 5.74) is 1.93. The first kappa shape index (κ1) is 19.5. The topological polar surface area (TPSA) is 49.1 Å². The van der Waals surface area contributed by atoms with Crippen molar-refractivity contribution in [3.05, 3.63) is 49.2 Å². The summed E-state index contributed by atoms with van der Waals surface area (Å²) in [5.74, 6) is 0.591. The van der Waals surface area contributed by atoms with Gasteiger partial charge >= 0.3 is 0 Å². The first-order valence-corrected chi connectivity index (χ1v) is 10.6. The standard InChI is InChI=1S/C18H17BrIN3O2S/c1-4-23-17(24)15(10-13-9-14(19)16(20)25-13)26-18(23)21-11-5-7-12(8-6-11)22(2)3/h5-10H,4H2,1-3H3/b15-10-,21-18?. The van der Waals surface area contributed by atoms with Gasteiger partial charge < -0.3 is 9.32 Å². The number of thioether (sulfide) groups is 1. The van der Waals surface area contributed by atoms with Crippen LogP contribution in [0, 0.1) is 3.77 Å². The fourth-order valence-corrected chi connectivity index (χ4v) is 4.13. The van der Waals surface area contributed by atoms with Crippen LogP contribution in [0.15, 0.2) is 49.1 Å². The van der Waals surface area contributed by atoms with Gasteiger partial charge in [0.25, 0.3) is 5.91 Å². The highest BCUT2D eigenvalue weighted by atomic mass is 127. The number of likely N-dealkylation sites (N-methyl/N-ethyl adjacent to an activating group) is 1. The lowest BCUT2D eigenvalue weighted by Gasteiger charge is -2.13. The van der Waals surface area contributed by atoms with Crippen LogP contribution in [-0.4, -0.2) is 36.6 Å². The third kappa shape index (κ3) is 4.17. The van der Waals surface area contributed by atoms with Crippen molar-refractivity contribution in [3.63, 3.8) is 0 Å². The number of furan rings is 1. The molecule has 1 aromatic carbocycles. The fraction of sp³-hybridized carbons (Fsp3) is 0.222. The minimum atomic E-state index is -0.0521. The predicted molar refractivity (Wildman–Crippen MR) is 120 cm³/mol. The first-order valence-electron chi connectivity index (χ1n) is 7.91. The lowest BCUT2D eigenvalue weighted by Crippen LogP contribution is -2.28. The maximum Gasteiger partial charge on any atom is 0.266 e. The van der Waals surface area contributed by atoms with Gasteiger partial charge in [-0.25, -0.2) is 4.99 Å². The van der Waals surface area contributed by atoms with Gasteiger partial charge in [0, 0.05) is 55.0 Å². The molecule has 0 bridgehead atoms. The molecule has 0 radical (unpaired) electrons. The number of benzene rings is 1. The summed E-state index contributed by atoms with van der Waals surface area (Å²) in [6, 6.07) is 9.78. The zero-order valence-electron chi connectivity index (χ0n) is 14.5. The lowest BCUT2D eigenvalue weighted by molar-refractivity contribution is -0.122. The van der Waals surface area contributed by atoms with Gasteiger partial charge in [-0.2, -0.15) is 0 Å². The van der Waals surface area contributed by atoms with E-state index >= 15 is 0 Å². The smallest absolute Gasteiger partial charge is 0.266 e. The van der Waals surface area contributed by atoms with E-state index in [0.717, 1.165) is 19.6 Å². The SMILES string of the molecule is CCN1C(=O)/C(=C/c2cc(Br)c(I)o2)SC1=Nc1ccc(N(C)C)cc1. The average molecular weight is 546 g/mol. The summed E-state index contributed by atoms with van der Waals surface area (Å²) < 4.78 is 7.25. The number of anilines is 1. The lowest BCUT2D eigenvalue weighted by atomic mass is 10.3. The van der Waals surface area contributed by atoms with Crippen molar-refractivity contribution in [2.75, 3.05) is 25.5 Å². The summed E-state index contributed by atoms with van der Waals surface area (Å²) in [4.78, 5) is 21.6. The minimum Gasteiger partial charge on any atom is -0.450 e. The number of rotatable bonds is 4. The van der Waals surface area contributed by atoms with Crippen molar-refractivity contribution >= 4 is 78.8 Å². The van der Waals surface area contributed by atoms with Crippen molar-refractivity contribution in [1.82, 2.24) is 4.90 Å². The molecule has 0 atom stereocenters. The van der Waals surface area contributed by atoms with Crippen molar-refractivity contribution < 1.29 is 9.21 Å². The third-order valence-corrected chi connectivity index (χ3v) is 6.87. The molecule has 1 fully saturated rings. The van der Waals surface area contributed by atoms with E-state index in [0.29, 0.717) is 22.4 Å². The van der Waals surface area contributed by atoms with Gasteiger partial charge in [0.2, 0.25) is 0 Å². The van der Waals surface area contributed by atoms with Gasteiger partial charge in [-0.3, -0.25) is 9.69 Å². The van der Waals surface area contributed by atoms with Crippen LogP contribution in [0.2, 0.25) is 0 Å². The van der Waals surface area contributed by atoms with E-state index in [4.69, 9.17) is 4.42 Å². The molecule has 8 heteroatoms. The molecule has 26 heavy (non-hydrogen) atoms. The molecule has 136 valence electrons. The molecule has 1 aromatic heterocycles. The molecule has 0 N–H and O–H groups in total. The van der Waals surface area contributed by atoms with Crippen molar-refractivity contribution in [1.29, 1.82) is 0 Å². The quantitative estimate of drug-likeness (QED) is 0.384. The van der Waals surface area contributed by atoms with Gasteiger partial charge in [-0.05, 0) is 64.9 Å². The molecule has 2 aromatic rings. The molecule has 5 nitrogen and oxygen atoms in total. The number of amidine groups is 1. The zero-order valence-corrected chi connectivity index (χ0v) is 19.1. The van der Waals surface area contributed by atoms with Crippen LogP contribution in [0.5, 0.6) is 0 Å².